The second-order valence-corrected chi connectivity index (χ2v) is 15.5. The van der Waals surface area contributed by atoms with Crippen molar-refractivity contribution in [1.82, 2.24) is 5.32 Å². The van der Waals surface area contributed by atoms with Gasteiger partial charge in [-0.15, -0.1) is 0 Å². The number of para-hydroxylation sites is 3. The number of allylic oxidation sites excluding steroid dienone is 13. The molecule has 0 saturated heterocycles. The Morgan fingerprint density at radius 1 is 0.625 bits per heavy atom. The fourth-order valence-corrected chi connectivity index (χ4v) is 9.77. The van der Waals surface area contributed by atoms with Gasteiger partial charge >= 0.3 is 0 Å². The third kappa shape index (κ3) is 5.97. The van der Waals surface area contributed by atoms with E-state index in [4.69, 9.17) is 0 Å². The highest BCUT2D eigenvalue weighted by molar-refractivity contribution is 5.88. The predicted molar refractivity (Wildman–Crippen MR) is 234 cm³/mol. The van der Waals surface area contributed by atoms with Gasteiger partial charge < -0.3 is 10.2 Å². The highest BCUT2D eigenvalue weighted by Crippen LogP contribution is 2.60. The maximum atomic E-state index is 3.92. The minimum absolute atomic E-state index is 0.0751. The first-order chi connectivity index (χ1) is 27.8. The van der Waals surface area contributed by atoms with Crippen molar-refractivity contribution in [1.29, 1.82) is 0 Å². The molecule has 0 saturated carbocycles. The molecule has 2 heteroatoms. The Hall–Kier alpha value is -6.38. The van der Waals surface area contributed by atoms with E-state index >= 15 is 0 Å². The van der Waals surface area contributed by atoms with Crippen LogP contribution in [0.1, 0.15) is 54.0 Å². The molecule has 272 valence electrons. The van der Waals surface area contributed by atoms with Crippen molar-refractivity contribution in [3.05, 3.63) is 251 Å². The number of rotatable bonds is 7. The van der Waals surface area contributed by atoms with Gasteiger partial charge in [0, 0.05) is 17.3 Å². The fourth-order valence-electron chi connectivity index (χ4n) is 9.77. The minimum atomic E-state index is -0.393. The quantitative estimate of drug-likeness (QED) is 0.180. The summed E-state index contributed by atoms with van der Waals surface area (Å²) in [6, 6.07) is 50.9. The molecular weight excluding hydrogens is 677 g/mol. The molecule has 56 heavy (non-hydrogen) atoms. The number of hydrogen-bond acceptors (Lipinski definition) is 2. The molecule has 1 N–H and O–H groups in total. The Balaban J connectivity index is 1.09. The summed E-state index contributed by atoms with van der Waals surface area (Å²) < 4.78 is 0. The van der Waals surface area contributed by atoms with Crippen LogP contribution < -0.4 is 10.2 Å². The number of nitrogens with zero attached hydrogens (tertiary/aromatic N) is 1. The second-order valence-electron chi connectivity index (χ2n) is 15.5. The minimum Gasteiger partial charge on any atom is -0.374 e. The molecule has 5 aromatic rings. The van der Waals surface area contributed by atoms with Gasteiger partial charge in [-0.1, -0.05) is 176 Å². The van der Waals surface area contributed by atoms with Gasteiger partial charge in [0.15, 0.2) is 0 Å². The van der Waals surface area contributed by atoms with Crippen LogP contribution in [0.4, 0.5) is 17.1 Å². The molecule has 0 spiro atoms. The van der Waals surface area contributed by atoms with Gasteiger partial charge in [-0.25, -0.2) is 0 Å². The van der Waals surface area contributed by atoms with E-state index in [1.807, 2.05) is 0 Å². The Kier molecular flexibility index (Phi) is 8.96. The molecule has 10 rings (SSSR count). The van der Waals surface area contributed by atoms with E-state index in [9.17, 15) is 0 Å². The van der Waals surface area contributed by atoms with E-state index in [1.54, 1.807) is 5.57 Å². The van der Waals surface area contributed by atoms with Crippen LogP contribution in [-0.4, -0.2) is 0 Å². The van der Waals surface area contributed by atoms with E-state index in [0.29, 0.717) is 5.92 Å². The van der Waals surface area contributed by atoms with E-state index in [2.05, 4.69) is 217 Å². The highest BCUT2D eigenvalue weighted by atomic mass is 15.2. The highest BCUT2D eigenvalue weighted by Gasteiger charge is 2.50. The second kappa shape index (κ2) is 14.7. The summed E-state index contributed by atoms with van der Waals surface area (Å²) in [6.45, 7) is 0. The van der Waals surface area contributed by atoms with Crippen LogP contribution in [-0.2, 0) is 5.41 Å². The van der Waals surface area contributed by atoms with Gasteiger partial charge in [0.05, 0.1) is 22.8 Å². The Bertz CT molecular complexity index is 2460. The van der Waals surface area contributed by atoms with Crippen molar-refractivity contribution in [3.8, 4) is 0 Å². The van der Waals surface area contributed by atoms with Crippen molar-refractivity contribution < 1.29 is 0 Å². The number of benzene rings is 5. The van der Waals surface area contributed by atoms with E-state index < -0.39 is 5.41 Å². The average molecular weight is 723 g/mol. The average Bonchev–Trinajstić information content (AvgIpc) is 3.29. The van der Waals surface area contributed by atoms with Gasteiger partial charge in [0.25, 0.3) is 0 Å². The standard InChI is InChI=1S/C54H46N2/c1-5-17-39(18-6-1)41-29-33-45(34-30-41)54(48-25-13-15-27-52(48)56(47-23-11-4-12-24-47)53-28-16-14-26-49(53)54)46-35-31-43(32-36-46)51-38-44(40-19-7-2-8-20-40)37-50(55-51)42-21-9-3-10-22-42/h1-5,7-17,19-29,31-35,37-38,41,46,50,55H,6,18,30,36H2. The maximum absolute atomic E-state index is 3.92. The summed E-state index contributed by atoms with van der Waals surface area (Å²) in [7, 11) is 0. The normalized spacial score (nSPS) is 22.0. The van der Waals surface area contributed by atoms with E-state index in [1.165, 1.54) is 56.0 Å². The molecule has 3 atom stereocenters. The van der Waals surface area contributed by atoms with Gasteiger partial charge in [-0.05, 0) is 107 Å². The third-order valence-corrected chi connectivity index (χ3v) is 12.4. The van der Waals surface area contributed by atoms with Gasteiger partial charge in [-0.2, -0.15) is 0 Å². The molecule has 2 heterocycles. The lowest BCUT2D eigenvalue weighted by Gasteiger charge is -2.50. The number of anilines is 3. The van der Waals surface area contributed by atoms with Gasteiger partial charge in [-0.3, -0.25) is 0 Å². The lowest BCUT2D eigenvalue weighted by Crippen LogP contribution is -2.43. The zero-order valence-corrected chi connectivity index (χ0v) is 31.6. The van der Waals surface area contributed by atoms with Crippen LogP contribution in [0.25, 0.3) is 5.57 Å². The summed E-state index contributed by atoms with van der Waals surface area (Å²) in [4.78, 5) is 2.48. The Morgan fingerprint density at radius 3 is 1.95 bits per heavy atom. The van der Waals surface area contributed by atoms with Crippen LogP contribution in [0, 0.1) is 11.8 Å². The first-order valence-electron chi connectivity index (χ1n) is 20.2. The number of hydrogen-bond donors (Lipinski definition) is 1. The SMILES string of the molecule is C1=CCCC(C2C=CC(C3(C4C=CC(C5=CC(c6ccccc6)=CC(c6ccccc6)N5)=CC4)c4ccccc4N(c4ccccc4)c4ccccc43)=CC2)=C1. The lowest BCUT2D eigenvalue weighted by molar-refractivity contribution is 0.438. The van der Waals surface area contributed by atoms with Crippen LogP contribution >= 0.6 is 0 Å². The molecule has 0 aromatic heterocycles. The Morgan fingerprint density at radius 2 is 1.30 bits per heavy atom. The van der Waals surface area contributed by atoms with Crippen molar-refractivity contribution in [2.75, 3.05) is 4.90 Å². The fraction of sp³-hybridized carbons (Fsp3) is 0.148. The third-order valence-electron chi connectivity index (χ3n) is 12.4. The molecular formula is C54H46N2. The van der Waals surface area contributed by atoms with E-state index in [-0.39, 0.29) is 12.0 Å². The largest absolute Gasteiger partial charge is 0.374 e. The zero-order valence-electron chi connectivity index (χ0n) is 31.6. The van der Waals surface area contributed by atoms with Crippen LogP contribution in [0.3, 0.4) is 0 Å². The summed E-state index contributed by atoms with van der Waals surface area (Å²) in [5.41, 5.74) is 15.1. The molecule has 3 unspecified atom stereocenters. The summed E-state index contributed by atoms with van der Waals surface area (Å²) >= 11 is 0. The molecule has 2 aliphatic heterocycles. The number of dihydropyridines is 1. The Labute approximate surface area is 331 Å². The molecule has 5 aliphatic rings. The number of fused-ring (bicyclic) bond motifs is 2. The maximum Gasteiger partial charge on any atom is 0.0707 e. The molecule has 0 amide bonds. The van der Waals surface area contributed by atoms with Gasteiger partial charge in [0.2, 0.25) is 0 Å². The van der Waals surface area contributed by atoms with Crippen LogP contribution in [0.2, 0.25) is 0 Å². The van der Waals surface area contributed by atoms with Crippen LogP contribution in [0.5, 0.6) is 0 Å². The van der Waals surface area contributed by atoms with Crippen molar-refractivity contribution in [2.45, 2.75) is 37.1 Å². The molecule has 2 nitrogen and oxygen atoms in total. The summed E-state index contributed by atoms with van der Waals surface area (Å²) in [5, 5.41) is 3.92. The molecule has 0 radical (unpaired) electrons. The first kappa shape index (κ1) is 34.1. The van der Waals surface area contributed by atoms with E-state index in [0.717, 1.165) is 31.4 Å². The van der Waals surface area contributed by atoms with Crippen molar-refractivity contribution in [3.63, 3.8) is 0 Å². The molecule has 5 aromatic carbocycles. The molecule has 0 bridgehead atoms. The summed E-state index contributed by atoms with van der Waals surface area (Å²) in [5.74, 6) is 0.631. The molecule has 3 aliphatic carbocycles. The van der Waals surface area contributed by atoms with Crippen molar-refractivity contribution in [2.24, 2.45) is 11.8 Å². The topological polar surface area (TPSA) is 15.3 Å². The number of nitrogens with one attached hydrogen (secondary N) is 1. The predicted octanol–water partition coefficient (Wildman–Crippen LogP) is 13.3. The van der Waals surface area contributed by atoms with Gasteiger partial charge in [0.1, 0.15) is 0 Å². The monoisotopic (exact) mass is 722 g/mol. The summed E-state index contributed by atoms with van der Waals surface area (Å²) in [6.07, 6.45) is 30.8. The molecule has 0 fully saturated rings. The zero-order chi connectivity index (χ0) is 37.3. The smallest absolute Gasteiger partial charge is 0.0707 e. The van der Waals surface area contributed by atoms with Crippen LogP contribution in [0.15, 0.2) is 229 Å². The lowest BCUT2D eigenvalue weighted by atomic mass is 9.56. The first-order valence-corrected chi connectivity index (χ1v) is 20.2. The van der Waals surface area contributed by atoms with Crippen molar-refractivity contribution >= 4 is 22.6 Å².